The van der Waals surface area contributed by atoms with Gasteiger partial charge in [0, 0.05) is 36.5 Å². The number of nitrogens with zero attached hydrogens (tertiary/aromatic N) is 2. The molecule has 31 heavy (non-hydrogen) atoms. The number of halogens is 4. The average molecular weight is 458 g/mol. The Labute approximate surface area is 172 Å². The Morgan fingerprint density at radius 3 is 2.45 bits per heavy atom. The highest BCUT2D eigenvalue weighted by Gasteiger charge is 2.39. The van der Waals surface area contributed by atoms with E-state index in [1.807, 2.05) is 0 Å². The molecule has 8 nitrogen and oxygen atoms in total. The molecule has 0 aliphatic carbocycles. The standard InChI is InChI=1S/C18H14F4N4O4S/c19-10-3-9(4-11(20)16(10)22)25-18(28)8-1-13-17(24-7-23-13)15(2-8)31(29,30)26-5-12(21)14(27)6-26/h1-4,7,12,14,27H,5-6H2,(H,23,24)(H,25,28). The maximum atomic E-state index is 13.7. The molecule has 1 aliphatic heterocycles. The van der Waals surface area contributed by atoms with E-state index in [-0.39, 0.29) is 16.6 Å². The van der Waals surface area contributed by atoms with Gasteiger partial charge < -0.3 is 15.4 Å². The summed E-state index contributed by atoms with van der Waals surface area (Å²) in [5.74, 6) is -5.69. The van der Waals surface area contributed by atoms with Crippen molar-refractivity contribution in [2.24, 2.45) is 0 Å². The summed E-state index contributed by atoms with van der Waals surface area (Å²) in [6.07, 6.45) is -2.06. The van der Waals surface area contributed by atoms with Gasteiger partial charge >= 0.3 is 0 Å². The third-order valence-corrected chi connectivity index (χ3v) is 6.66. The Kier molecular flexibility index (Phi) is 5.19. The minimum absolute atomic E-state index is 0.0484. The van der Waals surface area contributed by atoms with Crippen LogP contribution >= 0.6 is 0 Å². The Balaban J connectivity index is 1.73. The van der Waals surface area contributed by atoms with E-state index in [0.29, 0.717) is 12.1 Å². The number of H-pyrrole nitrogens is 1. The van der Waals surface area contributed by atoms with E-state index in [9.17, 15) is 35.9 Å². The van der Waals surface area contributed by atoms with Gasteiger partial charge in [-0.25, -0.2) is 31.0 Å². The number of aliphatic hydroxyl groups excluding tert-OH is 1. The van der Waals surface area contributed by atoms with E-state index in [2.05, 4.69) is 15.3 Å². The van der Waals surface area contributed by atoms with E-state index in [0.717, 1.165) is 10.4 Å². The maximum Gasteiger partial charge on any atom is 0.255 e. The third-order valence-electron chi connectivity index (χ3n) is 4.80. The molecule has 1 aromatic heterocycles. The Hall–Kier alpha value is -3.03. The van der Waals surface area contributed by atoms with Gasteiger partial charge in [-0.2, -0.15) is 4.31 Å². The van der Waals surface area contributed by atoms with Crippen molar-refractivity contribution < 1.29 is 35.9 Å². The third kappa shape index (κ3) is 3.75. The lowest BCUT2D eigenvalue weighted by Crippen LogP contribution is -2.30. The largest absolute Gasteiger partial charge is 0.389 e. The summed E-state index contributed by atoms with van der Waals surface area (Å²) in [7, 11) is -4.34. The smallest absolute Gasteiger partial charge is 0.255 e. The van der Waals surface area contributed by atoms with E-state index in [1.165, 1.54) is 12.4 Å². The lowest BCUT2D eigenvalue weighted by molar-refractivity contribution is 0.102. The van der Waals surface area contributed by atoms with Gasteiger partial charge in [-0.05, 0) is 12.1 Å². The van der Waals surface area contributed by atoms with Crippen LogP contribution in [0.4, 0.5) is 23.2 Å². The van der Waals surface area contributed by atoms with Crippen molar-refractivity contribution in [3.63, 3.8) is 0 Å². The van der Waals surface area contributed by atoms with E-state index in [1.54, 1.807) is 0 Å². The lowest BCUT2D eigenvalue weighted by atomic mass is 10.1. The number of sulfonamides is 1. The van der Waals surface area contributed by atoms with Crippen LogP contribution in [0.1, 0.15) is 10.4 Å². The van der Waals surface area contributed by atoms with Crippen molar-refractivity contribution in [1.82, 2.24) is 14.3 Å². The Morgan fingerprint density at radius 1 is 1.16 bits per heavy atom. The van der Waals surface area contributed by atoms with Gasteiger partial charge in [0.2, 0.25) is 10.0 Å². The molecule has 2 heterocycles. The zero-order valence-corrected chi connectivity index (χ0v) is 16.3. The number of β-amino-alcohol motifs (C(OH)–C–C–N with tert-alkyl or cyclic N) is 1. The van der Waals surface area contributed by atoms with Crippen LogP contribution in [0.5, 0.6) is 0 Å². The first kappa shape index (κ1) is 21.2. The fourth-order valence-corrected chi connectivity index (χ4v) is 4.89. The van der Waals surface area contributed by atoms with Crippen molar-refractivity contribution >= 4 is 32.7 Å². The minimum atomic E-state index is -4.34. The highest BCUT2D eigenvalue weighted by atomic mass is 32.2. The first-order valence-electron chi connectivity index (χ1n) is 8.83. The SMILES string of the molecule is O=C(Nc1cc(F)c(F)c(F)c1)c1cc(S(=O)(=O)N2CC(O)C(F)C2)c2[nH]cnc2c1. The summed E-state index contributed by atoms with van der Waals surface area (Å²) >= 11 is 0. The van der Waals surface area contributed by atoms with Gasteiger partial charge in [0.1, 0.15) is 17.2 Å². The number of imidazole rings is 1. The molecular formula is C18H14F4N4O4S. The van der Waals surface area contributed by atoms with Crippen molar-refractivity contribution in [2.75, 3.05) is 18.4 Å². The quantitative estimate of drug-likeness (QED) is 0.408. The number of aromatic amines is 1. The molecule has 164 valence electrons. The summed E-state index contributed by atoms with van der Waals surface area (Å²) in [6.45, 7) is -1.03. The maximum absolute atomic E-state index is 13.7. The second-order valence-corrected chi connectivity index (χ2v) is 8.79. The molecule has 0 saturated carbocycles. The second-order valence-electron chi connectivity index (χ2n) is 6.88. The number of hydrogen-bond donors (Lipinski definition) is 3. The average Bonchev–Trinajstić information content (AvgIpc) is 3.31. The number of hydrogen-bond acceptors (Lipinski definition) is 5. The first-order valence-corrected chi connectivity index (χ1v) is 10.3. The molecule has 3 N–H and O–H groups in total. The van der Waals surface area contributed by atoms with Crippen molar-refractivity contribution in [2.45, 2.75) is 17.2 Å². The highest BCUT2D eigenvalue weighted by Crippen LogP contribution is 2.29. The van der Waals surface area contributed by atoms with E-state index in [4.69, 9.17) is 0 Å². The van der Waals surface area contributed by atoms with Gasteiger partial charge in [0.05, 0.1) is 17.4 Å². The molecular weight excluding hydrogens is 444 g/mol. The molecule has 2 aromatic carbocycles. The fourth-order valence-electron chi connectivity index (χ4n) is 3.23. The normalized spacial score (nSPS) is 19.8. The van der Waals surface area contributed by atoms with Crippen LogP contribution in [0.15, 0.2) is 35.5 Å². The molecule has 4 rings (SSSR count). The molecule has 0 spiro atoms. The molecule has 2 unspecified atom stereocenters. The summed E-state index contributed by atoms with van der Waals surface area (Å²) in [5.41, 5.74) is -0.498. The molecule has 1 fully saturated rings. The van der Waals surface area contributed by atoms with Gasteiger partial charge in [0.25, 0.3) is 5.91 Å². The number of alkyl halides is 1. The van der Waals surface area contributed by atoms with Crippen molar-refractivity contribution in [3.05, 3.63) is 53.6 Å². The van der Waals surface area contributed by atoms with Gasteiger partial charge in [-0.3, -0.25) is 4.79 Å². The predicted octanol–water partition coefficient (Wildman–Crippen LogP) is 1.94. The van der Waals surface area contributed by atoms with Crippen LogP contribution in [0.3, 0.4) is 0 Å². The number of aliphatic hydroxyl groups is 1. The minimum Gasteiger partial charge on any atom is -0.389 e. The Morgan fingerprint density at radius 2 is 1.84 bits per heavy atom. The monoisotopic (exact) mass is 458 g/mol. The molecule has 13 heteroatoms. The topological polar surface area (TPSA) is 115 Å². The van der Waals surface area contributed by atoms with Crippen LogP contribution in [0, 0.1) is 17.5 Å². The number of amides is 1. The van der Waals surface area contributed by atoms with Crippen molar-refractivity contribution in [1.29, 1.82) is 0 Å². The number of fused-ring (bicyclic) bond motifs is 1. The van der Waals surface area contributed by atoms with Gasteiger partial charge in [0.15, 0.2) is 17.5 Å². The summed E-state index contributed by atoms with van der Waals surface area (Å²) in [6, 6.07) is 3.34. The van der Waals surface area contributed by atoms with Gasteiger partial charge in [-0.1, -0.05) is 0 Å². The number of carbonyl (C=O) groups excluding carboxylic acids is 1. The predicted molar refractivity (Wildman–Crippen MR) is 100 cm³/mol. The summed E-state index contributed by atoms with van der Waals surface area (Å²) in [4.78, 5) is 18.8. The molecule has 1 amide bonds. The summed E-state index contributed by atoms with van der Waals surface area (Å²) in [5, 5.41) is 11.7. The van der Waals surface area contributed by atoms with Crippen LogP contribution < -0.4 is 5.32 Å². The lowest BCUT2D eigenvalue weighted by Gasteiger charge is -2.17. The zero-order valence-electron chi connectivity index (χ0n) is 15.4. The number of rotatable bonds is 4. The van der Waals surface area contributed by atoms with Crippen LogP contribution in [0.25, 0.3) is 11.0 Å². The molecule has 1 saturated heterocycles. The van der Waals surface area contributed by atoms with Crippen LogP contribution in [-0.4, -0.2) is 59.1 Å². The summed E-state index contributed by atoms with van der Waals surface area (Å²) < 4.78 is 80.4. The molecule has 1 aliphatic rings. The van der Waals surface area contributed by atoms with Crippen LogP contribution in [-0.2, 0) is 10.0 Å². The number of carbonyl (C=O) groups is 1. The molecule has 0 radical (unpaired) electrons. The van der Waals surface area contributed by atoms with Crippen LogP contribution in [0.2, 0.25) is 0 Å². The number of aromatic nitrogens is 2. The number of nitrogens with one attached hydrogen (secondary N) is 2. The molecule has 0 bridgehead atoms. The fraction of sp³-hybridized carbons (Fsp3) is 0.222. The number of benzene rings is 2. The Bertz CT molecular complexity index is 1260. The highest BCUT2D eigenvalue weighted by molar-refractivity contribution is 7.89. The van der Waals surface area contributed by atoms with Gasteiger partial charge in [-0.15, -0.1) is 0 Å². The zero-order chi connectivity index (χ0) is 22.5. The second kappa shape index (κ2) is 7.59. The van der Waals surface area contributed by atoms with Crippen molar-refractivity contribution in [3.8, 4) is 0 Å². The van der Waals surface area contributed by atoms with E-state index < -0.39 is 69.3 Å². The first-order chi connectivity index (χ1) is 14.6. The van der Waals surface area contributed by atoms with E-state index >= 15 is 0 Å². The molecule has 3 aromatic rings. The molecule has 2 atom stereocenters. The number of anilines is 1.